The first-order valence-electron chi connectivity index (χ1n) is 6.62. The first-order valence-corrected chi connectivity index (χ1v) is 6.62. The van der Waals surface area contributed by atoms with Crippen LogP contribution in [0.1, 0.15) is 28.4 Å². The van der Waals surface area contributed by atoms with Crippen LogP contribution >= 0.6 is 0 Å². The molecule has 1 atom stereocenters. The van der Waals surface area contributed by atoms with Crippen LogP contribution in [0, 0.1) is 12.8 Å². The van der Waals surface area contributed by atoms with Crippen molar-refractivity contribution in [3.63, 3.8) is 0 Å². The van der Waals surface area contributed by atoms with E-state index in [9.17, 15) is 5.11 Å². The van der Waals surface area contributed by atoms with Crippen molar-refractivity contribution in [3.05, 3.63) is 58.8 Å². The highest BCUT2D eigenvalue weighted by atomic mass is 16.3. The van der Waals surface area contributed by atoms with E-state index in [1.54, 1.807) is 6.20 Å². The van der Waals surface area contributed by atoms with Gasteiger partial charge in [-0.2, -0.15) is 0 Å². The molecule has 0 saturated carbocycles. The number of benzene rings is 1. The molecule has 3 rings (SSSR count). The lowest BCUT2D eigenvalue weighted by Crippen LogP contribution is -2.15. The van der Waals surface area contributed by atoms with E-state index in [0.717, 1.165) is 24.0 Å². The molecular weight excluding hydrogens is 236 g/mol. The SMILES string of the molecule is Cc1cnc(N)c(C(O)C2Cc3ccccc3C2)c1. The molecule has 1 heterocycles. The molecule has 3 nitrogen and oxygen atoms in total. The van der Waals surface area contributed by atoms with E-state index in [1.165, 1.54) is 11.1 Å². The number of aromatic nitrogens is 1. The normalized spacial score (nSPS) is 16.3. The fourth-order valence-electron chi connectivity index (χ4n) is 2.91. The lowest BCUT2D eigenvalue weighted by atomic mass is 9.93. The molecular formula is C16H18N2O. The molecule has 98 valence electrons. The number of fused-ring (bicyclic) bond motifs is 1. The summed E-state index contributed by atoms with van der Waals surface area (Å²) in [5, 5.41) is 10.6. The van der Waals surface area contributed by atoms with E-state index in [0.29, 0.717) is 5.82 Å². The smallest absolute Gasteiger partial charge is 0.129 e. The molecule has 0 radical (unpaired) electrons. The average Bonchev–Trinajstić information content (AvgIpc) is 2.84. The maximum Gasteiger partial charge on any atom is 0.129 e. The quantitative estimate of drug-likeness (QED) is 0.865. The van der Waals surface area contributed by atoms with E-state index in [2.05, 4.69) is 29.2 Å². The summed E-state index contributed by atoms with van der Waals surface area (Å²) in [5.41, 5.74) is 10.4. The number of aliphatic hydroxyl groups excluding tert-OH is 1. The van der Waals surface area contributed by atoms with Crippen molar-refractivity contribution < 1.29 is 5.11 Å². The van der Waals surface area contributed by atoms with Gasteiger partial charge in [0.15, 0.2) is 0 Å². The molecule has 1 aliphatic rings. The van der Waals surface area contributed by atoms with Crippen LogP contribution in [0.2, 0.25) is 0 Å². The maximum atomic E-state index is 10.6. The molecule has 0 aliphatic heterocycles. The number of pyridine rings is 1. The predicted molar refractivity (Wildman–Crippen MR) is 75.7 cm³/mol. The highest BCUT2D eigenvalue weighted by molar-refractivity contribution is 5.43. The van der Waals surface area contributed by atoms with Gasteiger partial charge in [0.2, 0.25) is 0 Å². The number of nitrogen functional groups attached to an aromatic ring is 1. The summed E-state index contributed by atoms with van der Waals surface area (Å²) in [6.45, 7) is 1.96. The van der Waals surface area contributed by atoms with Crippen molar-refractivity contribution in [2.24, 2.45) is 5.92 Å². The van der Waals surface area contributed by atoms with Crippen LogP contribution < -0.4 is 5.73 Å². The van der Waals surface area contributed by atoms with Crippen molar-refractivity contribution in [1.29, 1.82) is 0 Å². The lowest BCUT2D eigenvalue weighted by molar-refractivity contribution is 0.114. The van der Waals surface area contributed by atoms with E-state index >= 15 is 0 Å². The largest absolute Gasteiger partial charge is 0.388 e. The molecule has 2 aromatic rings. The monoisotopic (exact) mass is 254 g/mol. The Labute approximate surface area is 113 Å². The van der Waals surface area contributed by atoms with E-state index < -0.39 is 6.10 Å². The molecule has 1 aliphatic carbocycles. The number of nitrogens with zero attached hydrogens (tertiary/aromatic N) is 1. The van der Waals surface area contributed by atoms with Gasteiger partial charge in [-0.3, -0.25) is 0 Å². The molecule has 0 saturated heterocycles. The van der Waals surface area contributed by atoms with Gasteiger partial charge in [-0.1, -0.05) is 24.3 Å². The Morgan fingerprint density at radius 2 is 1.89 bits per heavy atom. The van der Waals surface area contributed by atoms with Crippen LogP contribution in [0.3, 0.4) is 0 Å². The van der Waals surface area contributed by atoms with Gasteiger partial charge >= 0.3 is 0 Å². The first-order chi connectivity index (χ1) is 9.15. The van der Waals surface area contributed by atoms with E-state index in [1.807, 2.05) is 13.0 Å². The summed E-state index contributed by atoms with van der Waals surface area (Å²) < 4.78 is 0. The van der Waals surface area contributed by atoms with Crippen LogP contribution in [0.5, 0.6) is 0 Å². The minimum Gasteiger partial charge on any atom is -0.388 e. The Morgan fingerprint density at radius 1 is 1.26 bits per heavy atom. The summed E-state index contributed by atoms with van der Waals surface area (Å²) in [6, 6.07) is 10.3. The maximum absolute atomic E-state index is 10.6. The first kappa shape index (κ1) is 12.2. The highest BCUT2D eigenvalue weighted by Gasteiger charge is 2.29. The van der Waals surface area contributed by atoms with Crippen LogP contribution in [0.25, 0.3) is 0 Å². The second-order valence-corrected chi connectivity index (χ2v) is 5.37. The number of anilines is 1. The zero-order valence-corrected chi connectivity index (χ0v) is 11.0. The zero-order chi connectivity index (χ0) is 13.4. The summed E-state index contributed by atoms with van der Waals surface area (Å²) in [6.07, 6.45) is 3.00. The van der Waals surface area contributed by atoms with Gasteiger partial charge in [-0.15, -0.1) is 0 Å². The van der Waals surface area contributed by atoms with Crippen molar-refractivity contribution >= 4 is 5.82 Å². The lowest BCUT2D eigenvalue weighted by Gasteiger charge is -2.19. The van der Waals surface area contributed by atoms with Crippen molar-refractivity contribution in [2.75, 3.05) is 5.73 Å². The molecule has 0 amide bonds. The zero-order valence-electron chi connectivity index (χ0n) is 11.0. The van der Waals surface area contributed by atoms with Crippen molar-refractivity contribution in [3.8, 4) is 0 Å². The predicted octanol–water partition coefficient (Wildman–Crippen LogP) is 2.42. The molecule has 0 fully saturated rings. The fourth-order valence-corrected chi connectivity index (χ4v) is 2.91. The van der Waals surface area contributed by atoms with Crippen LogP contribution in [0.4, 0.5) is 5.82 Å². The second-order valence-electron chi connectivity index (χ2n) is 5.37. The number of aliphatic hydroxyl groups is 1. The van der Waals surface area contributed by atoms with Crippen LogP contribution in [0.15, 0.2) is 36.5 Å². The van der Waals surface area contributed by atoms with Gasteiger partial charge in [-0.25, -0.2) is 4.98 Å². The van der Waals surface area contributed by atoms with E-state index in [-0.39, 0.29) is 5.92 Å². The van der Waals surface area contributed by atoms with Gasteiger partial charge < -0.3 is 10.8 Å². The molecule has 0 spiro atoms. The van der Waals surface area contributed by atoms with E-state index in [4.69, 9.17) is 5.73 Å². The fraction of sp³-hybridized carbons (Fsp3) is 0.312. The minimum absolute atomic E-state index is 0.197. The Morgan fingerprint density at radius 3 is 2.53 bits per heavy atom. The van der Waals surface area contributed by atoms with Crippen molar-refractivity contribution in [1.82, 2.24) is 4.98 Å². The highest BCUT2D eigenvalue weighted by Crippen LogP contribution is 2.36. The number of hydrogen-bond acceptors (Lipinski definition) is 3. The summed E-state index contributed by atoms with van der Waals surface area (Å²) in [4.78, 5) is 4.14. The third kappa shape index (κ3) is 2.22. The van der Waals surface area contributed by atoms with Gasteiger partial charge in [0.25, 0.3) is 0 Å². The minimum atomic E-state index is -0.542. The molecule has 0 bridgehead atoms. The molecule has 19 heavy (non-hydrogen) atoms. The Hall–Kier alpha value is -1.87. The van der Waals surface area contributed by atoms with Crippen LogP contribution in [-0.4, -0.2) is 10.1 Å². The third-order valence-electron chi connectivity index (χ3n) is 3.93. The standard InChI is InChI=1S/C16H18N2O/c1-10-6-14(16(17)18-9-10)15(19)13-7-11-4-2-3-5-12(11)8-13/h2-6,9,13,15,19H,7-8H2,1H3,(H2,17,18). The van der Waals surface area contributed by atoms with Crippen molar-refractivity contribution in [2.45, 2.75) is 25.9 Å². The van der Waals surface area contributed by atoms with Gasteiger partial charge in [0, 0.05) is 11.8 Å². The number of rotatable bonds is 2. The Bertz CT molecular complexity index is 584. The molecule has 3 N–H and O–H groups in total. The molecule has 3 heteroatoms. The number of hydrogen-bond donors (Lipinski definition) is 2. The van der Waals surface area contributed by atoms with Crippen LogP contribution in [-0.2, 0) is 12.8 Å². The Balaban J connectivity index is 1.87. The number of aryl methyl sites for hydroxylation is 1. The molecule has 1 aromatic carbocycles. The number of nitrogens with two attached hydrogens (primary N) is 1. The average molecular weight is 254 g/mol. The topological polar surface area (TPSA) is 59.1 Å². The summed E-state index contributed by atoms with van der Waals surface area (Å²) in [5.74, 6) is 0.636. The van der Waals surface area contributed by atoms with Gasteiger partial charge in [0.05, 0.1) is 6.10 Å². The van der Waals surface area contributed by atoms with Gasteiger partial charge in [0.1, 0.15) is 5.82 Å². The molecule has 1 unspecified atom stereocenters. The summed E-state index contributed by atoms with van der Waals surface area (Å²) >= 11 is 0. The Kier molecular flexibility index (Phi) is 2.99. The van der Waals surface area contributed by atoms with Gasteiger partial charge in [-0.05, 0) is 48.4 Å². The second kappa shape index (κ2) is 4.67. The summed E-state index contributed by atoms with van der Waals surface area (Å²) in [7, 11) is 0. The molecule has 1 aromatic heterocycles. The third-order valence-corrected chi connectivity index (χ3v) is 3.93.